The van der Waals surface area contributed by atoms with Gasteiger partial charge in [-0.3, -0.25) is 19.3 Å². The maximum Gasteiger partial charge on any atom is 0.255 e. The zero-order valence-electron chi connectivity index (χ0n) is 17.2. The second kappa shape index (κ2) is 6.78. The summed E-state index contributed by atoms with van der Waals surface area (Å²) in [6, 6.07) is -0.135. The van der Waals surface area contributed by atoms with Crippen LogP contribution in [0.15, 0.2) is 23.0 Å². The Kier molecular flexibility index (Phi) is 4.61. The Morgan fingerprint density at radius 3 is 2.44 bits per heavy atom. The predicted octanol–water partition coefficient (Wildman–Crippen LogP) is -0.315. The number of carbonyl (C=O) groups is 3. The third-order valence-corrected chi connectivity index (χ3v) is 6.70. The number of halogens is 1. The number of likely N-dealkylation sites (N-methyl/N-ethyl adjacent to an activating group) is 1. The Hall–Kier alpha value is -3.44. The molecule has 11 heteroatoms. The van der Waals surface area contributed by atoms with Crippen LogP contribution in [-0.4, -0.2) is 68.5 Å². The summed E-state index contributed by atoms with van der Waals surface area (Å²) < 4.78 is 14.1. The average Bonchev–Trinajstić information content (AvgIpc) is 2.68. The van der Waals surface area contributed by atoms with Gasteiger partial charge in [-0.2, -0.15) is 0 Å². The van der Waals surface area contributed by atoms with Crippen molar-refractivity contribution in [3.63, 3.8) is 0 Å². The number of Topliss-reactive ketones (excluding diaryl/α,β-unsaturated/α-hetero) is 2. The summed E-state index contributed by atoms with van der Waals surface area (Å²) in [4.78, 5) is 39.7. The summed E-state index contributed by atoms with van der Waals surface area (Å²) in [7, 11) is 3.01. The second-order valence-corrected chi connectivity index (χ2v) is 8.62. The monoisotopic (exact) mass is 447 g/mol. The van der Waals surface area contributed by atoms with E-state index in [2.05, 4.69) is 0 Å². The highest BCUT2D eigenvalue weighted by Crippen LogP contribution is 2.53. The molecule has 1 saturated carbocycles. The minimum absolute atomic E-state index is 0.000696. The van der Waals surface area contributed by atoms with Crippen LogP contribution in [0.1, 0.15) is 17.5 Å². The molecule has 1 amide bonds. The van der Waals surface area contributed by atoms with Crippen LogP contribution in [-0.2, 0) is 20.8 Å². The quantitative estimate of drug-likeness (QED) is 0.201. The molecule has 0 heterocycles. The van der Waals surface area contributed by atoms with Gasteiger partial charge in [0.05, 0.1) is 11.6 Å². The van der Waals surface area contributed by atoms with Gasteiger partial charge < -0.3 is 31.9 Å². The van der Waals surface area contributed by atoms with Gasteiger partial charge in [0.25, 0.3) is 5.91 Å². The van der Waals surface area contributed by atoms with Gasteiger partial charge in [-0.05, 0) is 44.5 Å². The minimum atomic E-state index is -2.72. The molecule has 0 bridgehead atoms. The molecule has 0 saturated heterocycles. The average molecular weight is 447 g/mol. The number of hydrogen-bond acceptors (Lipinski definition) is 9. The van der Waals surface area contributed by atoms with Crippen molar-refractivity contribution in [3.05, 3.63) is 39.9 Å². The number of primary amides is 1. The lowest BCUT2D eigenvalue weighted by atomic mass is 9.57. The smallest absolute Gasteiger partial charge is 0.255 e. The molecule has 0 aliphatic heterocycles. The largest absolute Gasteiger partial charge is 0.508 e. The van der Waals surface area contributed by atoms with Gasteiger partial charge in [-0.15, -0.1) is 0 Å². The van der Waals surface area contributed by atoms with Crippen LogP contribution in [0.4, 0.5) is 10.1 Å². The third-order valence-electron chi connectivity index (χ3n) is 6.70. The van der Waals surface area contributed by atoms with Gasteiger partial charge >= 0.3 is 0 Å². The molecule has 10 nitrogen and oxygen atoms in total. The van der Waals surface area contributed by atoms with Crippen molar-refractivity contribution in [3.8, 4) is 5.75 Å². The summed E-state index contributed by atoms with van der Waals surface area (Å²) in [5.74, 6) is -8.79. The maximum atomic E-state index is 14.1. The van der Waals surface area contributed by atoms with E-state index in [4.69, 9.17) is 11.5 Å². The highest BCUT2D eigenvalue weighted by Gasteiger charge is 2.64. The van der Waals surface area contributed by atoms with Crippen molar-refractivity contribution >= 4 is 28.9 Å². The van der Waals surface area contributed by atoms with E-state index in [-0.39, 0.29) is 29.5 Å². The normalized spacial score (nSPS) is 29.7. The highest BCUT2D eigenvalue weighted by atomic mass is 19.1. The van der Waals surface area contributed by atoms with E-state index < -0.39 is 75.3 Å². The van der Waals surface area contributed by atoms with Crippen LogP contribution in [0.2, 0.25) is 0 Å². The molecule has 3 aliphatic rings. The Labute approximate surface area is 181 Å². The molecule has 0 aromatic heterocycles. The Morgan fingerprint density at radius 2 is 1.88 bits per heavy atom. The number of hydrogen-bond donors (Lipinski definition) is 6. The fourth-order valence-electron chi connectivity index (χ4n) is 5.28. The molecular formula is C21H22FN3O7. The molecular weight excluding hydrogens is 425 g/mol. The van der Waals surface area contributed by atoms with E-state index in [1.807, 2.05) is 0 Å². The number of aliphatic hydroxyl groups is 3. The SMILES string of the molecule is CN(C)C1C(=O)C(C(N)=O)=C(O)C2(O)C(=O)C3=C(O)c4c(cc(F)c(N)c4O)CC3CC12. The number of aliphatic hydroxyl groups excluding tert-OH is 2. The number of phenols is 1. The molecule has 0 spiro atoms. The van der Waals surface area contributed by atoms with E-state index in [0.717, 1.165) is 6.07 Å². The van der Waals surface area contributed by atoms with E-state index in [0.29, 0.717) is 0 Å². The Balaban J connectivity index is 1.99. The first-order chi connectivity index (χ1) is 14.8. The number of amides is 1. The summed E-state index contributed by atoms with van der Waals surface area (Å²) in [5, 5.41) is 43.2. The number of ketones is 2. The van der Waals surface area contributed by atoms with E-state index >= 15 is 0 Å². The van der Waals surface area contributed by atoms with Crippen LogP contribution in [0.5, 0.6) is 5.75 Å². The predicted molar refractivity (Wildman–Crippen MR) is 109 cm³/mol. The number of benzene rings is 1. The van der Waals surface area contributed by atoms with E-state index in [1.54, 1.807) is 0 Å². The first kappa shape index (κ1) is 21.8. The summed E-state index contributed by atoms with van der Waals surface area (Å²) in [6.07, 6.45) is -0.0716. The number of aromatic hydroxyl groups is 1. The minimum Gasteiger partial charge on any atom is -0.508 e. The van der Waals surface area contributed by atoms with Crippen molar-refractivity contribution in [2.75, 3.05) is 19.8 Å². The zero-order chi connectivity index (χ0) is 23.9. The number of nitrogens with zero attached hydrogens (tertiary/aromatic N) is 1. The molecule has 4 rings (SSSR count). The summed E-state index contributed by atoms with van der Waals surface area (Å²) >= 11 is 0. The fraction of sp³-hybridized carbons (Fsp3) is 0.381. The zero-order valence-corrected chi connectivity index (χ0v) is 17.2. The van der Waals surface area contributed by atoms with Crippen molar-refractivity contribution < 1.29 is 39.2 Å². The van der Waals surface area contributed by atoms with Gasteiger partial charge in [-0.1, -0.05) is 0 Å². The van der Waals surface area contributed by atoms with Crippen LogP contribution in [0, 0.1) is 17.7 Å². The summed E-state index contributed by atoms with van der Waals surface area (Å²) in [5.41, 5.74) is 6.15. The van der Waals surface area contributed by atoms with Crippen molar-refractivity contribution in [2.24, 2.45) is 17.6 Å². The van der Waals surface area contributed by atoms with Crippen LogP contribution in [0.25, 0.3) is 5.76 Å². The highest BCUT2D eigenvalue weighted by molar-refractivity contribution is 6.24. The topological polar surface area (TPSA) is 187 Å². The van der Waals surface area contributed by atoms with Gasteiger partial charge in [0.2, 0.25) is 5.78 Å². The van der Waals surface area contributed by atoms with E-state index in [1.165, 1.54) is 19.0 Å². The van der Waals surface area contributed by atoms with Crippen LogP contribution in [0.3, 0.4) is 0 Å². The lowest BCUT2D eigenvalue weighted by Crippen LogP contribution is -2.65. The molecule has 1 aromatic carbocycles. The first-order valence-electron chi connectivity index (χ1n) is 9.78. The van der Waals surface area contributed by atoms with Crippen molar-refractivity contribution in [1.29, 1.82) is 0 Å². The third kappa shape index (κ3) is 2.55. The molecule has 1 aromatic rings. The molecule has 1 fully saturated rings. The second-order valence-electron chi connectivity index (χ2n) is 8.62. The fourth-order valence-corrected chi connectivity index (χ4v) is 5.28. The number of nitrogen functional groups attached to an aromatic ring is 1. The van der Waals surface area contributed by atoms with Gasteiger partial charge in [-0.25, -0.2) is 4.39 Å². The first-order valence-corrected chi connectivity index (χ1v) is 9.78. The molecule has 8 N–H and O–H groups in total. The molecule has 4 atom stereocenters. The maximum absolute atomic E-state index is 14.1. The number of phenolic OH excluding ortho intramolecular Hbond substituents is 1. The number of carbonyl (C=O) groups excluding carboxylic acids is 3. The number of fused-ring (bicyclic) bond motifs is 3. The number of nitrogens with two attached hydrogens (primary N) is 2. The number of rotatable bonds is 2. The van der Waals surface area contributed by atoms with Crippen LogP contribution < -0.4 is 11.5 Å². The van der Waals surface area contributed by atoms with Crippen molar-refractivity contribution in [1.82, 2.24) is 4.90 Å². The molecule has 3 aliphatic carbocycles. The Morgan fingerprint density at radius 1 is 1.25 bits per heavy atom. The lowest BCUT2D eigenvalue weighted by Gasteiger charge is -2.50. The van der Waals surface area contributed by atoms with Gasteiger partial charge in [0, 0.05) is 11.5 Å². The summed E-state index contributed by atoms with van der Waals surface area (Å²) in [6.45, 7) is 0. The van der Waals surface area contributed by atoms with Gasteiger partial charge in [0.1, 0.15) is 28.6 Å². The molecule has 4 unspecified atom stereocenters. The standard InChI is InChI=1S/C21H22FN3O7/c1-25(2)14-8-4-6-3-7-5-9(22)13(23)16(27)10(7)15(26)11(6)18(29)21(8,32)19(30)12(17(14)28)20(24)31/h5-6,8,14,26-27,30,32H,3-4,23H2,1-2H3,(H2,24,31). The van der Waals surface area contributed by atoms with Gasteiger partial charge in [0.15, 0.2) is 17.1 Å². The molecule has 32 heavy (non-hydrogen) atoms. The van der Waals surface area contributed by atoms with Crippen molar-refractivity contribution in [2.45, 2.75) is 24.5 Å². The molecule has 170 valence electrons. The van der Waals surface area contributed by atoms with E-state index in [9.17, 15) is 39.2 Å². The lowest BCUT2D eigenvalue weighted by molar-refractivity contribution is -0.153. The molecule has 0 radical (unpaired) electrons. The Bertz CT molecular complexity index is 1170. The van der Waals surface area contributed by atoms with Crippen LogP contribution >= 0.6 is 0 Å². The number of anilines is 1.